The van der Waals surface area contributed by atoms with Crippen LogP contribution in [0.3, 0.4) is 0 Å². The lowest BCUT2D eigenvalue weighted by Gasteiger charge is -2.11. The van der Waals surface area contributed by atoms with Gasteiger partial charge in [0.2, 0.25) is 0 Å². The molecule has 0 unspecified atom stereocenters. The molecule has 2 rings (SSSR count). The molecular weight excluding hydrogens is 260 g/mol. The number of anilines is 1. The van der Waals surface area contributed by atoms with Gasteiger partial charge in [-0.2, -0.15) is 5.26 Å². The van der Waals surface area contributed by atoms with Crippen LogP contribution in [0.25, 0.3) is 0 Å². The van der Waals surface area contributed by atoms with Crippen LogP contribution in [0.1, 0.15) is 11.1 Å². The van der Waals surface area contributed by atoms with E-state index >= 15 is 0 Å². The Kier molecular flexibility index (Phi) is 4.27. The molecule has 0 radical (unpaired) electrons. The van der Waals surface area contributed by atoms with Gasteiger partial charge in [-0.15, -0.1) is 0 Å². The first kappa shape index (κ1) is 13.3. The quantitative estimate of drug-likeness (QED) is 0.920. The molecule has 0 heterocycles. The van der Waals surface area contributed by atoms with E-state index in [1.165, 1.54) is 0 Å². The molecule has 0 bridgehead atoms. The van der Waals surface area contributed by atoms with Gasteiger partial charge in [-0.05, 0) is 30.3 Å². The van der Waals surface area contributed by atoms with Crippen LogP contribution in [0, 0.1) is 11.3 Å². The molecule has 0 fully saturated rings. The number of nitrogens with one attached hydrogen (secondary N) is 1. The summed E-state index contributed by atoms with van der Waals surface area (Å²) in [4.78, 5) is 0. The van der Waals surface area contributed by atoms with Crippen molar-refractivity contribution in [2.45, 2.75) is 6.54 Å². The molecule has 0 saturated carbocycles. The van der Waals surface area contributed by atoms with Crippen LogP contribution >= 0.6 is 11.6 Å². The number of nitrogens with zero attached hydrogens (tertiary/aromatic N) is 1. The van der Waals surface area contributed by atoms with Gasteiger partial charge in [-0.3, -0.25) is 0 Å². The number of benzene rings is 2. The number of para-hydroxylation sites is 1. The number of nitriles is 1. The summed E-state index contributed by atoms with van der Waals surface area (Å²) in [6.07, 6.45) is 0. The van der Waals surface area contributed by atoms with Crippen molar-refractivity contribution in [2.24, 2.45) is 0 Å². The molecule has 0 atom stereocenters. The van der Waals surface area contributed by atoms with E-state index in [0.717, 1.165) is 17.0 Å². The highest BCUT2D eigenvalue weighted by Gasteiger charge is 2.05. The van der Waals surface area contributed by atoms with Crippen molar-refractivity contribution < 1.29 is 4.74 Å². The number of ether oxygens (including phenoxy) is 1. The third-order valence-corrected chi connectivity index (χ3v) is 2.99. The molecule has 0 aliphatic heterocycles. The van der Waals surface area contributed by atoms with Gasteiger partial charge in [0, 0.05) is 17.1 Å². The van der Waals surface area contributed by atoms with Gasteiger partial charge in [0.1, 0.15) is 11.8 Å². The minimum absolute atomic E-state index is 0.544. The van der Waals surface area contributed by atoms with Crippen molar-refractivity contribution in [2.75, 3.05) is 12.4 Å². The van der Waals surface area contributed by atoms with Crippen LogP contribution in [0.15, 0.2) is 42.5 Å². The summed E-state index contributed by atoms with van der Waals surface area (Å²) >= 11 is 5.98. The maximum atomic E-state index is 9.02. The molecule has 0 saturated heterocycles. The van der Waals surface area contributed by atoms with Crippen molar-refractivity contribution in [1.82, 2.24) is 0 Å². The largest absolute Gasteiger partial charge is 0.496 e. The Balaban J connectivity index is 2.19. The van der Waals surface area contributed by atoms with Gasteiger partial charge in [0.05, 0.1) is 18.4 Å². The number of rotatable bonds is 4. The lowest BCUT2D eigenvalue weighted by molar-refractivity contribution is 0.410. The molecule has 0 amide bonds. The molecule has 2 aromatic carbocycles. The minimum atomic E-state index is 0.544. The van der Waals surface area contributed by atoms with Gasteiger partial charge in [0.15, 0.2) is 0 Å². The molecule has 0 aliphatic carbocycles. The SMILES string of the molecule is COc1ccc(Cl)cc1CNc1ccccc1C#N. The van der Waals surface area contributed by atoms with E-state index in [1.807, 2.05) is 30.3 Å². The minimum Gasteiger partial charge on any atom is -0.496 e. The van der Waals surface area contributed by atoms with Crippen molar-refractivity contribution in [3.8, 4) is 11.8 Å². The maximum Gasteiger partial charge on any atom is 0.123 e. The first-order chi connectivity index (χ1) is 9.24. The molecule has 4 heteroatoms. The monoisotopic (exact) mass is 272 g/mol. The Morgan fingerprint density at radius 2 is 2.05 bits per heavy atom. The van der Waals surface area contributed by atoms with E-state index < -0.39 is 0 Å². The summed E-state index contributed by atoms with van der Waals surface area (Å²) in [5.74, 6) is 0.770. The number of halogens is 1. The van der Waals surface area contributed by atoms with Gasteiger partial charge in [0.25, 0.3) is 0 Å². The highest BCUT2D eigenvalue weighted by molar-refractivity contribution is 6.30. The summed E-state index contributed by atoms with van der Waals surface area (Å²) in [6, 6.07) is 15.0. The summed E-state index contributed by atoms with van der Waals surface area (Å²) in [7, 11) is 1.62. The van der Waals surface area contributed by atoms with Crippen LogP contribution < -0.4 is 10.1 Å². The topological polar surface area (TPSA) is 45.0 Å². The van der Waals surface area contributed by atoms with Crippen molar-refractivity contribution >= 4 is 17.3 Å². The fraction of sp³-hybridized carbons (Fsp3) is 0.133. The normalized spacial score (nSPS) is 9.74. The standard InChI is InChI=1S/C15H13ClN2O/c1-19-15-7-6-13(16)8-12(15)10-18-14-5-3-2-4-11(14)9-17/h2-8,18H,10H2,1H3. The Labute approximate surface area is 117 Å². The van der Waals surface area contributed by atoms with E-state index in [0.29, 0.717) is 17.1 Å². The average molecular weight is 273 g/mol. The molecule has 2 aromatic rings. The van der Waals surface area contributed by atoms with Crippen molar-refractivity contribution in [3.05, 3.63) is 58.6 Å². The second-order valence-electron chi connectivity index (χ2n) is 3.97. The molecule has 0 aromatic heterocycles. The molecular formula is C15H13ClN2O. The lowest BCUT2D eigenvalue weighted by atomic mass is 10.1. The van der Waals surface area contributed by atoms with E-state index in [-0.39, 0.29) is 0 Å². The van der Waals surface area contributed by atoms with Crippen molar-refractivity contribution in [3.63, 3.8) is 0 Å². The molecule has 1 N–H and O–H groups in total. The zero-order chi connectivity index (χ0) is 13.7. The van der Waals surface area contributed by atoms with E-state index in [1.54, 1.807) is 19.2 Å². The van der Waals surface area contributed by atoms with E-state index in [4.69, 9.17) is 21.6 Å². The Morgan fingerprint density at radius 3 is 2.79 bits per heavy atom. The summed E-state index contributed by atoms with van der Waals surface area (Å²) in [5.41, 5.74) is 2.36. The highest BCUT2D eigenvalue weighted by atomic mass is 35.5. The third-order valence-electron chi connectivity index (χ3n) is 2.76. The third kappa shape index (κ3) is 3.18. The molecule has 3 nitrogen and oxygen atoms in total. The number of methoxy groups -OCH3 is 1. The van der Waals surface area contributed by atoms with Crippen molar-refractivity contribution in [1.29, 1.82) is 5.26 Å². The summed E-state index contributed by atoms with van der Waals surface area (Å²) in [6.45, 7) is 0.544. The number of hydrogen-bond acceptors (Lipinski definition) is 3. The van der Waals surface area contributed by atoms with Gasteiger partial charge in [-0.25, -0.2) is 0 Å². The average Bonchev–Trinajstić information content (AvgIpc) is 2.45. The Bertz CT molecular complexity index is 620. The van der Waals surface area contributed by atoms with Crippen LogP contribution in [0.5, 0.6) is 5.75 Å². The second kappa shape index (κ2) is 6.12. The molecule has 96 valence electrons. The fourth-order valence-electron chi connectivity index (χ4n) is 1.81. The summed E-state index contributed by atoms with van der Waals surface area (Å²) in [5, 5.41) is 12.9. The lowest BCUT2D eigenvalue weighted by Crippen LogP contribution is -2.03. The Morgan fingerprint density at radius 1 is 1.26 bits per heavy atom. The van der Waals surface area contributed by atoms with Crippen LogP contribution in [-0.2, 0) is 6.54 Å². The second-order valence-corrected chi connectivity index (χ2v) is 4.40. The van der Waals surface area contributed by atoms with Crippen LogP contribution in [0.4, 0.5) is 5.69 Å². The molecule has 0 aliphatic rings. The van der Waals surface area contributed by atoms with Gasteiger partial charge < -0.3 is 10.1 Å². The van der Waals surface area contributed by atoms with E-state index in [2.05, 4.69) is 11.4 Å². The van der Waals surface area contributed by atoms with Gasteiger partial charge >= 0.3 is 0 Å². The predicted molar refractivity (Wildman–Crippen MR) is 76.5 cm³/mol. The maximum absolute atomic E-state index is 9.02. The van der Waals surface area contributed by atoms with E-state index in [9.17, 15) is 0 Å². The smallest absolute Gasteiger partial charge is 0.123 e. The number of hydrogen-bond donors (Lipinski definition) is 1. The predicted octanol–water partition coefficient (Wildman–Crippen LogP) is 3.83. The van der Waals surface area contributed by atoms with Crippen LogP contribution in [-0.4, -0.2) is 7.11 Å². The van der Waals surface area contributed by atoms with Crippen LogP contribution in [0.2, 0.25) is 5.02 Å². The zero-order valence-electron chi connectivity index (χ0n) is 10.5. The first-order valence-corrected chi connectivity index (χ1v) is 6.18. The zero-order valence-corrected chi connectivity index (χ0v) is 11.2. The first-order valence-electron chi connectivity index (χ1n) is 5.80. The summed E-state index contributed by atoms with van der Waals surface area (Å²) < 4.78 is 5.28. The fourth-order valence-corrected chi connectivity index (χ4v) is 2.01. The van der Waals surface area contributed by atoms with Gasteiger partial charge in [-0.1, -0.05) is 23.7 Å². The highest BCUT2D eigenvalue weighted by Crippen LogP contribution is 2.24. The Hall–Kier alpha value is -2.18. The molecule has 0 spiro atoms. The molecule has 19 heavy (non-hydrogen) atoms.